The molecule has 0 saturated heterocycles. The Hall–Kier alpha value is -3.50. The Balaban J connectivity index is 1.65. The maximum atomic E-state index is 13.0. The van der Waals surface area contributed by atoms with Crippen molar-refractivity contribution in [2.75, 3.05) is 17.7 Å². The Morgan fingerprint density at radius 2 is 2.06 bits per heavy atom. The number of thioether (sulfide) groups is 1. The average molecular weight is 474 g/mol. The van der Waals surface area contributed by atoms with E-state index in [0.717, 1.165) is 35.4 Å². The maximum absolute atomic E-state index is 13.0. The lowest BCUT2D eigenvalue weighted by atomic mass is 9.76. The van der Waals surface area contributed by atoms with Crippen LogP contribution in [0.15, 0.2) is 70.4 Å². The molecule has 4 rings (SSSR count). The summed E-state index contributed by atoms with van der Waals surface area (Å²) < 4.78 is 5.85. The van der Waals surface area contributed by atoms with Gasteiger partial charge in [-0.2, -0.15) is 5.26 Å². The molecule has 6 nitrogen and oxygen atoms in total. The largest absolute Gasteiger partial charge is 0.494 e. The zero-order valence-corrected chi connectivity index (χ0v) is 20.1. The van der Waals surface area contributed by atoms with Crippen LogP contribution >= 0.6 is 11.8 Å². The van der Waals surface area contributed by atoms with Crippen LogP contribution in [0.3, 0.4) is 0 Å². The number of ketones is 1. The molecule has 2 N–H and O–H groups in total. The molecule has 0 radical (unpaired) electrons. The van der Waals surface area contributed by atoms with Gasteiger partial charge in [-0.3, -0.25) is 9.59 Å². The fourth-order valence-electron chi connectivity index (χ4n) is 4.41. The molecule has 1 aliphatic heterocycles. The number of rotatable bonds is 7. The van der Waals surface area contributed by atoms with Gasteiger partial charge >= 0.3 is 0 Å². The van der Waals surface area contributed by atoms with E-state index in [0.29, 0.717) is 35.0 Å². The third kappa shape index (κ3) is 5.02. The number of amides is 1. The van der Waals surface area contributed by atoms with Gasteiger partial charge in [-0.05, 0) is 50.5 Å². The number of benzene rings is 2. The Morgan fingerprint density at radius 3 is 2.82 bits per heavy atom. The first-order valence-electron chi connectivity index (χ1n) is 11.4. The van der Waals surface area contributed by atoms with Crippen LogP contribution in [0, 0.1) is 18.3 Å². The number of carbonyl (C=O) groups excluding carboxylic acids is 2. The van der Waals surface area contributed by atoms with Gasteiger partial charge in [-0.15, -0.1) is 0 Å². The summed E-state index contributed by atoms with van der Waals surface area (Å²) in [4.78, 5) is 25.6. The molecule has 34 heavy (non-hydrogen) atoms. The summed E-state index contributed by atoms with van der Waals surface area (Å²) in [6.07, 6.45) is 1.96. The van der Waals surface area contributed by atoms with Gasteiger partial charge in [0.1, 0.15) is 5.75 Å². The van der Waals surface area contributed by atoms with E-state index in [1.165, 1.54) is 11.8 Å². The van der Waals surface area contributed by atoms with Crippen LogP contribution in [-0.2, 0) is 9.59 Å². The highest BCUT2D eigenvalue weighted by Crippen LogP contribution is 2.46. The molecule has 0 saturated carbocycles. The highest BCUT2D eigenvalue weighted by Gasteiger charge is 2.38. The summed E-state index contributed by atoms with van der Waals surface area (Å²) in [5.41, 5.74) is 4.52. The molecule has 0 aromatic heterocycles. The maximum Gasteiger partial charge on any atom is 0.234 e. The minimum atomic E-state index is -0.515. The van der Waals surface area contributed by atoms with Crippen LogP contribution in [0.5, 0.6) is 5.75 Å². The normalized spacial score (nSPS) is 17.6. The highest BCUT2D eigenvalue weighted by atomic mass is 32.2. The van der Waals surface area contributed by atoms with Gasteiger partial charge in [0, 0.05) is 28.9 Å². The predicted octanol–water partition coefficient (Wildman–Crippen LogP) is 5.19. The molecular weight excluding hydrogens is 446 g/mol. The SMILES string of the molecule is CCOc1ccccc1C1C(C#N)=C(SCC(=O)Nc2cccc(C)c2)NC2=C1C(=O)CCC2. The Labute approximate surface area is 204 Å². The van der Waals surface area contributed by atoms with Crippen LogP contribution in [0.2, 0.25) is 0 Å². The smallest absolute Gasteiger partial charge is 0.234 e. The van der Waals surface area contributed by atoms with Crippen molar-refractivity contribution < 1.29 is 14.3 Å². The number of nitrogens with zero attached hydrogens (tertiary/aromatic N) is 1. The number of allylic oxidation sites excluding steroid dienone is 3. The van der Waals surface area contributed by atoms with Gasteiger partial charge in [0.2, 0.25) is 5.91 Å². The first-order chi connectivity index (χ1) is 16.5. The Morgan fingerprint density at radius 1 is 1.24 bits per heavy atom. The van der Waals surface area contributed by atoms with Gasteiger partial charge in [-0.25, -0.2) is 0 Å². The second kappa shape index (κ2) is 10.6. The zero-order chi connectivity index (χ0) is 24.1. The summed E-state index contributed by atoms with van der Waals surface area (Å²) in [7, 11) is 0. The third-order valence-corrected chi connectivity index (χ3v) is 6.86. The van der Waals surface area contributed by atoms with Crippen LogP contribution < -0.4 is 15.4 Å². The lowest BCUT2D eigenvalue weighted by Crippen LogP contribution is -2.32. The molecule has 1 amide bonds. The zero-order valence-electron chi connectivity index (χ0n) is 19.3. The number of nitriles is 1. The van der Waals surface area contributed by atoms with E-state index in [1.807, 2.05) is 62.4 Å². The number of hydrogen-bond acceptors (Lipinski definition) is 6. The van der Waals surface area contributed by atoms with Gasteiger partial charge in [-0.1, -0.05) is 42.1 Å². The standard InChI is InChI=1S/C27H27N3O3S/c1-3-33-23-13-5-4-10-19(23)25-20(15-28)27(30-21-11-7-12-22(31)26(21)25)34-16-24(32)29-18-9-6-8-17(2)14-18/h4-6,8-10,13-14,25,30H,3,7,11-12,16H2,1-2H3,(H,29,32). The third-order valence-electron chi connectivity index (χ3n) is 5.84. The van der Waals surface area contributed by atoms with Gasteiger partial charge in [0.25, 0.3) is 0 Å². The van der Waals surface area contributed by atoms with Crippen molar-refractivity contribution in [3.63, 3.8) is 0 Å². The van der Waals surface area contributed by atoms with Crippen molar-refractivity contribution in [2.45, 2.75) is 39.0 Å². The monoisotopic (exact) mass is 473 g/mol. The average Bonchev–Trinajstić information content (AvgIpc) is 2.82. The number of anilines is 1. The van der Waals surface area contributed by atoms with Crippen molar-refractivity contribution in [1.82, 2.24) is 5.32 Å². The molecule has 174 valence electrons. The Kier molecular flexibility index (Phi) is 7.39. The molecule has 0 bridgehead atoms. The minimum absolute atomic E-state index is 0.0547. The second-order valence-corrected chi connectivity index (χ2v) is 9.24. The number of para-hydroxylation sites is 1. The summed E-state index contributed by atoms with van der Waals surface area (Å²) in [5.74, 6) is 0.181. The number of carbonyl (C=O) groups is 2. The molecule has 1 aliphatic carbocycles. The van der Waals surface area contributed by atoms with Crippen molar-refractivity contribution in [2.24, 2.45) is 0 Å². The number of dihydropyridines is 1. The molecule has 2 aromatic carbocycles. The summed E-state index contributed by atoms with van der Waals surface area (Å²) in [5, 5.41) is 17.0. The van der Waals surface area contributed by atoms with Crippen molar-refractivity contribution in [3.05, 3.63) is 81.5 Å². The van der Waals surface area contributed by atoms with Crippen molar-refractivity contribution in [1.29, 1.82) is 5.26 Å². The molecule has 0 fully saturated rings. The molecule has 7 heteroatoms. The number of aryl methyl sites for hydroxylation is 1. The molecule has 2 aliphatic rings. The van der Waals surface area contributed by atoms with E-state index < -0.39 is 5.92 Å². The summed E-state index contributed by atoms with van der Waals surface area (Å²) in [6.45, 7) is 4.36. The number of hydrogen-bond donors (Lipinski definition) is 2. The molecule has 1 atom stereocenters. The lowest BCUT2D eigenvalue weighted by molar-refractivity contribution is -0.116. The molecule has 1 unspecified atom stereocenters. The predicted molar refractivity (Wildman–Crippen MR) is 134 cm³/mol. The quantitative estimate of drug-likeness (QED) is 0.575. The van der Waals surface area contributed by atoms with Crippen LogP contribution in [0.25, 0.3) is 0 Å². The first-order valence-corrected chi connectivity index (χ1v) is 12.4. The molecule has 2 aromatic rings. The van der Waals surface area contributed by atoms with E-state index in [-0.39, 0.29) is 17.4 Å². The van der Waals surface area contributed by atoms with E-state index in [4.69, 9.17) is 4.74 Å². The fourth-order valence-corrected chi connectivity index (χ4v) is 5.27. The van der Waals surface area contributed by atoms with Crippen LogP contribution in [0.1, 0.15) is 43.2 Å². The lowest BCUT2D eigenvalue weighted by Gasteiger charge is -2.33. The highest BCUT2D eigenvalue weighted by molar-refractivity contribution is 8.03. The molecular formula is C27H27N3O3S. The first kappa shape index (κ1) is 23.7. The molecule has 1 heterocycles. The second-order valence-electron chi connectivity index (χ2n) is 8.26. The van der Waals surface area contributed by atoms with Crippen LogP contribution in [0.4, 0.5) is 5.69 Å². The van der Waals surface area contributed by atoms with Crippen LogP contribution in [-0.4, -0.2) is 24.1 Å². The minimum Gasteiger partial charge on any atom is -0.494 e. The van der Waals surface area contributed by atoms with Gasteiger partial charge in [0.05, 0.1) is 34.9 Å². The van der Waals surface area contributed by atoms with Gasteiger partial charge < -0.3 is 15.4 Å². The van der Waals surface area contributed by atoms with E-state index in [1.54, 1.807) is 0 Å². The van der Waals surface area contributed by atoms with Crippen molar-refractivity contribution in [3.8, 4) is 11.8 Å². The number of ether oxygens (including phenoxy) is 1. The van der Waals surface area contributed by atoms with E-state index in [2.05, 4.69) is 16.7 Å². The summed E-state index contributed by atoms with van der Waals surface area (Å²) >= 11 is 1.28. The van der Waals surface area contributed by atoms with Gasteiger partial charge in [0.15, 0.2) is 5.78 Å². The summed E-state index contributed by atoms with van der Waals surface area (Å²) in [6, 6.07) is 17.5. The number of nitrogens with one attached hydrogen (secondary N) is 2. The fraction of sp³-hybridized carbons (Fsp3) is 0.296. The topological polar surface area (TPSA) is 91.2 Å². The Bertz CT molecular complexity index is 1230. The molecule has 0 spiro atoms. The number of Topliss-reactive ketones (excluding diaryl/α,β-unsaturated/α-hetero) is 1. The van der Waals surface area contributed by atoms with E-state index >= 15 is 0 Å². The van der Waals surface area contributed by atoms with Crippen molar-refractivity contribution >= 4 is 29.1 Å². The van der Waals surface area contributed by atoms with E-state index in [9.17, 15) is 14.9 Å².